The highest BCUT2D eigenvalue weighted by Crippen LogP contribution is 2.41. The number of ketones is 1. The Labute approximate surface area is 124 Å². The average Bonchev–Trinajstić information content (AvgIpc) is 3.06. The van der Waals surface area contributed by atoms with Crippen LogP contribution in [-0.2, 0) is 10.4 Å². The minimum absolute atomic E-state index is 0.0902. The minimum Gasteiger partial charge on any atom is -0.377 e. The van der Waals surface area contributed by atoms with Crippen LogP contribution < -0.4 is 0 Å². The molecule has 2 nitrogen and oxygen atoms in total. The van der Waals surface area contributed by atoms with Gasteiger partial charge in [-0.3, -0.25) is 4.79 Å². The van der Waals surface area contributed by atoms with Crippen LogP contribution in [-0.4, -0.2) is 10.9 Å². The van der Waals surface area contributed by atoms with Gasteiger partial charge >= 0.3 is 0 Å². The van der Waals surface area contributed by atoms with E-state index in [0.717, 1.165) is 31.2 Å². The predicted octanol–water partition coefficient (Wildman–Crippen LogP) is 4.71. The van der Waals surface area contributed by atoms with Crippen LogP contribution in [0.5, 0.6) is 0 Å². The van der Waals surface area contributed by atoms with Gasteiger partial charge in [0.15, 0.2) is 11.4 Å². The van der Waals surface area contributed by atoms with Crippen LogP contribution in [0.1, 0.15) is 65.9 Å². The molecular weight excluding hydrogens is 248 g/mol. The van der Waals surface area contributed by atoms with Gasteiger partial charge in [0, 0.05) is 0 Å². The molecule has 0 amide bonds. The van der Waals surface area contributed by atoms with Crippen LogP contribution in [0.25, 0.3) is 0 Å². The van der Waals surface area contributed by atoms with Gasteiger partial charge in [0.05, 0.1) is 0 Å². The first-order chi connectivity index (χ1) is 9.65. The predicted molar refractivity (Wildman–Crippen MR) is 85.7 cm³/mol. The Morgan fingerprint density at radius 1 is 1.05 bits per heavy atom. The van der Waals surface area contributed by atoms with E-state index >= 15 is 0 Å². The number of carbonyl (C=O) groups excluding carboxylic acids is 1. The summed E-state index contributed by atoms with van der Waals surface area (Å²) in [5.74, 6) is -0.0435. The Morgan fingerprint density at radius 3 is 1.90 bits per heavy atom. The van der Waals surface area contributed by atoms with E-state index in [1.807, 2.05) is 58.0 Å². The quantitative estimate of drug-likeness (QED) is 0.869. The molecule has 1 atom stereocenters. The second kappa shape index (κ2) is 9.71. The number of aliphatic hydroxyl groups is 1. The van der Waals surface area contributed by atoms with E-state index in [-0.39, 0.29) is 11.7 Å². The molecule has 0 aliphatic heterocycles. The van der Waals surface area contributed by atoms with E-state index in [0.29, 0.717) is 0 Å². The van der Waals surface area contributed by atoms with Crippen LogP contribution in [0.3, 0.4) is 0 Å². The molecule has 0 heterocycles. The van der Waals surface area contributed by atoms with Crippen molar-refractivity contribution in [1.82, 2.24) is 0 Å². The van der Waals surface area contributed by atoms with Gasteiger partial charge in [0.1, 0.15) is 0 Å². The molecule has 1 saturated carbocycles. The van der Waals surface area contributed by atoms with Gasteiger partial charge in [-0.15, -0.1) is 0 Å². The molecular formula is C18H30O2. The summed E-state index contributed by atoms with van der Waals surface area (Å²) in [6.07, 6.45) is 4.14. The molecule has 0 bridgehead atoms. The van der Waals surface area contributed by atoms with Crippen molar-refractivity contribution < 1.29 is 9.90 Å². The molecule has 1 fully saturated rings. The van der Waals surface area contributed by atoms with Crippen LogP contribution in [0, 0.1) is 5.92 Å². The molecule has 20 heavy (non-hydrogen) atoms. The van der Waals surface area contributed by atoms with Crippen molar-refractivity contribution >= 4 is 5.78 Å². The lowest BCUT2D eigenvalue weighted by atomic mass is 9.77. The zero-order valence-electron chi connectivity index (χ0n) is 13.6. The summed E-state index contributed by atoms with van der Waals surface area (Å²) in [5.41, 5.74) is -0.521. The van der Waals surface area contributed by atoms with Crippen molar-refractivity contribution in [3.63, 3.8) is 0 Å². The molecule has 0 saturated heterocycles. The lowest BCUT2D eigenvalue weighted by Crippen LogP contribution is -2.40. The third kappa shape index (κ3) is 4.17. The van der Waals surface area contributed by atoms with E-state index in [2.05, 4.69) is 0 Å². The standard InChI is InChI=1S/C14H18O2.2C2H6/c1-11(15)14(16,13-9-5-6-10-13)12-7-3-2-4-8-12;2*1-2/h2-4,7-8,13,16H,5-6,9-10H2,1H3;2*1-2H3. The van der Waals surface area contributed by atoms with Crippen molar-refractivity contribution in [2.75, 3.05) is 0 Å². The maximum absolute atomic E-state index is 11.8. The highest BCUT2D eigenvalue weighted by molar-refractivity contribution is 5.86. The number of Topliss-reactive ketones (excluding diaryl/α,β-unsaturated/α-hetero) is 1. The van der Waals surface area contributed by atoms with Crippen molar-refractivity contribution in [2.24, 2.45) is 5.92 Å². The second-order valence-corrected chi connectivity index (χ2v) is 4.67. The largest absolute Gasteiger partial charge is 0.377 e. The molecule has 0 radical (unpaired) electrons. The number of hydrogen-bond donors (Lipinski definition) is 1. The fraction of sp³-hybridized carbons (Fsp3) is 0.611. The first-order valence-electron chi connectivity index (χ1n) is 7.94. The molecule has 1 unspecified atom stereocenters. The first-order valence-corrected chi connectivity index (χ1v) is 7.94. The van der Waals surface area contributed by atoms with E-state index in [9.17, 15) is 9.90 Å². The third-order valence-corrected chi connectivity index (χ3v) is 3.70. The summed E-state index contributed by atoms with van der Waals surface area (Å²) in [5, 5.41) is 10.7. The maximum Gasteiger partial charge on any atom is 0.166 e. The molecule has 114 valence electrons. The van der Waals surface area contributed by atoms with Gasteiger partial charge in [-0.1, -0.05) is 70.9 Å². The van der Waals surface area contributed by atoms with Gasteiger partial charge in [0.2, 0.25) is 0 Å². The van der Waals surface area contributed by atoms with Crippen molar-refractivity contribution in [3.05, 3.63) is 35.9 Å². The highest BCUT2D eigenvalue weighted by Gasteiger charge is 2.43. The summed E-state index contributed by atoms with van der Waals surface area (Å²) >= 11 is 0. The van der Waals surface area contributed by atoms with Gasteiger partial charge in [0.25, 0.3) is 0 Å². The monoisotopic (exact) mass is 278 g/mol. The lowest BCUT2D eigenvalue weighted by molar-refractivity contribution is -0.142. The Kier molecular flexibility index (Phi) is 9.15. The topological polar surface area (TPSA) is 37.3 Å². The van der Waals surface area contributed by atoms with Crippen LogP contribution >= 0.6 is 0 Å². The Bertz CT molecular complexity index is 366. The molecule has 0 spiro atoms. The summed E-state index contributed by atoms with van der Waals surface area (Å²) in [6.45, 7) is 9.49. The molecule has 1 N–H and O–H groups in total. The van der Waals surface area contributed by atoms with E-state index in [4.69, 9.17) is 0 Å². The Morgan fingerprint density at radius 2 is 1.50 bits per heavy atom. The molecule has 0 aromatic heterocycles. The van der Waals surface area contributed by atoms with E-state index in [1.54, 1.807) is 0 Å². The second-order valence-electron chi connectivity index (χ2n) is 4.67. The van der Waals surface area contributed by atoms with Gasteiger partial charge < -0.3 is 5.11 Å². The number of rotatable bonds is 3. The average molecular weight is 278 g/mol. The summed E-state index contributed by atoms with van der Waals surface area (Å²) in [6, 6.07) is 9.34. The van der Waals surface area contributed by atoms with Gasteiger partial charge in [-0.25, -0.2) is 0 Å². The molecule has 1 aromatic rings. The third-order valence-electron chi connectivity index (χ3n) is 3.70. The Balaban J connectivity index is 0.000000829. The Hall–Kier alpha value is -1.15. The SMILES string of the molecule is CC.CC.CC(=O)C(O)(c1ccccc1)C1CCCC1. The number of benzene rings is 1. The summed E-state index contributed by atoms with van der Waals surface area (Å²) in [4.78, 5) is 11.8. The van der Waals surface area contributed by atoms with E-state index < -0.39 is 5.60 Å². The molecule has 1 aromatic carbocycles. The zero-order chi connectivity index (χ0) is 15.6. The first kappa shape index (κ1) is 18.9. The van der Waals surface area contributed by atoms with Gasteiger partial charge in [-0.05, 0) is 31.2 Å². The fourth-order valence-electron chi connectivity index (χ4n) is 2.76. The lowest BCUT2D eigenvalue weighted by Gasteiger charge is -2.32. The van der Waals surface area contributed by atoms with Crippen molar-refractivity contribution in [2.45, 2.75) is 65.9 Å². The number of hydrogen-bond acceptors (Lipinski definition) is 2. The van der Waals surface area contributed by atoms with Crippen molar-refractivity contribution in [3.8, 4) is 0 Å². The molecule has 2 heteroatoms. The highest BCUT2D eigenvalue weighted by atomic mass is 16.3. The van der Waals surface area contributed by atoms with Crippen LogP contribution in [0.15, 0.2) is 30.3 Å². The fourth-order valence-corrected chi connectivity index (χ4v) is 2.76. The normalized spacial score (nSPS) is 17.1. The van der Waals surface area contributed by atoms with Gasteiger partial charge in [-0.2, -0.15) is 0 Å². The molecule has 1 aliphatic rings. The zero-order valence-corrected chi connectivity index (χ0v) is 13.6. The summed E-state index contributed by atoms with van der Waals surface area (Å²) in [7, 11) is 0. The van der Waals surface area contributed by atoms with Crippen LogP contribution in [0.2, 0.25) is 0 Å². The van der Waals surface area contributed by atoms with Crippen LogP contribution in [0.4, 0.5) is 0 Å². The molecule has 2 rings (SSSR count). The molecule has 1 aliphatic carbocycles. The van der Waals surface area contributed by atoms with Crippen molar-refractivity contribution in [1.29, 1.82) is 0 Å². The van der Waals surface area contributed by atoms with E-state index in [1.165, 1.54) is 6.92 Å². The minimum atomic E-state index is -1.27. The smallest absolute Gasteiger partial charge is 0.166 e. The summed E-state index contributed by atoms with van der Waals surface area (Å²) < 4.78 is 0. The maximum atomic E-state index is 11.8. The number of carbonyl (C=O) groups is 1.